The normalized spacial score (nSPS) is 18.8. The van der Waals surface area contributed by atoms with Crippen LogP contribution in [0.2, 0.25) is 0 Å². The van der Waals surface area contributed by atoms with Crippen LogP contribution in [0, 0.1) is 0 Å². The summed E-state index contributed by atoms with van der Waals surface area (Å²) in [5.74, 6) is 0.531. The lowest BCUT2D eigenvalue weighted by molar-refractivity contribution is -0.118. The zero-order valence-electron chi connectivity index (χ0n) is 12.6. The van der Waals surface area contributed by atoms with Crippen molar-refractivity contribution in [3.05, 3.63) is 23.8 Å². The van der Waals surface area contributed by atoms with Gasteiger partial charge in [0.05, 0.1) is 5.69 Å². The maximum atomic E-state index is 12.3. The van der Waals surface area contributed by atoms with E-state index in [0.717, 1.165) is 39.1 Å². The predicted molar refractivity (Wildman–Crippen MR) is 83.4 cm³/mol. The minimum Gasteiger partial charge on any atom is -0.482 e. The molecule has 22 heavy (non-hydrogen) atoms. The predicted octanol–water partition coefficient (Wildman–Crippen LogP) is 0.886. The van der Waals surface area contributed by atoms with E-state index in [4.69, 9.17) is 4.74 Å². The molecular weight excluding hydrogens is 282 g/mol. The summed E-state index contributed by atoms with van der Waals surface area (Å²) < 4.78 is 5.30. The maximum Gasteiger partial charge on any atom is 0.262 e. The topological polar surface area (TPSA) is 70.7 Å². The quantitative estimate of drug-likeness (QED) is 0.808. The van der Waals surface area contributed by atoms with E-state index in [1.165, 1.54) is 0 Å². The van der Waals surface area contributed by atoms with Gasteiger partial charge in [0, 0.05) is 31.6 Å². The van der Waals surface area contributed by atoms with E-state index >= 15 is 0 Å². The van der Waals surface area contributed by atoms with E-state index < -0.39 is 0 Å². The number of hydrogen-bond acceptors (Lipinski definition) is 5. The van der Waals surface area contributed by atoms with Gasteiger partial charge in [-0.15, -0.1) is 0 Å². The molecule has 0 unspecified atom stereocenters. The molecule has 2 N–H and O–H groups in total. The van der Waals surface area contributed by atoms with Crippen molar-refractivity contribution in [3.8, 4) is 5.75 Å². The van der Waals surface area contributed by atoms with Crippen molar-refractivity contribution in [2.45, 2.75) is 12.8 Å². The average Bonchev–Trinajstić information content (AvgIpc) is 2.80. The van der Waals surface area contributed by atoms with Gasteiger partial charge in [-0.2, -0.15) is 0 Å². The summed E-state index contributed by atoms with van der Waals surface area (Å²) >= 11 is 0. The fraction of sp³-hybridized carbons (Fsp3) is 0.500. The molecule has 1 aromatic rings. The van der Waals surface area contributed by atoms with Crippen LogP contribution in [-0.2, 0) is 4.79 Å². The van der Waals surface area contributed by atoms with Gasteiger partial charge in [-0.05, 0) is 37.7 Å². The molecule has 0 saturated carbocycles. The summed E-state index contributed by atoms with van der Waals surface area (Å²) in [7, 11) is 0. The zero-order chi connectivity index (χ0) is 15.4. The Morgan fingerprint density at radius 3 is 3.09 bits per heavy atom. The number of benzene rings is 1. The third kappa shape index (κ3) is 3.64. The molecule has 118 valence electrons. The van der Waals surface area contributed by atoms with Crippen LogP contribution in [0.1, 0.15) is 23.2 Å². The van der Waals surface area contributed by atoms with Gasteiger partial charge >= 0.3 is 0 Å². The zero-order valence-corrected chi connectivity index (χ0v) is 12.6. The lowest BCUT2D eigenvalue weighted by atomic mass is 10.1. The fourth-order valence-electron chi connectivity index (χ4n) is 2.79. The number of nitrogens with zero attached hydrogens (tertiary/aromatic N) is 1. The van der Waals surface area contributed by atoms with Gasteiger partial charge in [0.1, 0.15) is 5.75 Å². The SMILES string of the molecule is O=C1COc2ccc(C(=O)CCN3CCCNCC3)cc2N1. The number of carbonyl (C=O) groups excluding carboxylic acids is 2. The number of amides is 1. The minimum absolute atomic E-state index is 0.0310. The van der Waals surface area contributed by atoms with Crippen molar-refractivity contribution in [3.63, 3.8) is 0 Å². The van der Waals surface area contributed by atoms with Gasteiger partial charge in [-0.25, -0.2) is 0 Å². The smallest absolute Gasteiger partial charge is 0.262 e. The van der Waals surface area contributed by atoms with Gasteiger partial charge in [0.25, 0.3) is 5.91 Å². The van der Waals surface area contributed by atoms with E-state index in [1.807, 2.05) is 0 Å². The van der Waals surface area contributed by atoms with Crippen LogP contribution in [0.4, 0.5) is 5.69 Å². The Labute approximate surface area is 129 Å². The molecule has 1 aromatic carbocycles. The minimum atomic E-state index is -0.186. The first-order valence-corrected chi connectivity index (χ1v) is 7.75. The van der Waals surface area contributed by atoms with Gasteiger partial charge in [0.15, 0.2) is 12.4 Å². The van der Waals surface area contributed by atoms with Gasteiger partial charge in [0.2, 0.25) is 0 Å². The highest BCUT2D eigenvalue weighted by Gasteiger charge is 2.18. The molecule has 0 bridgehead atoms. The second-order valence-electron chi connectivity index (χ2n) is 5.67. The Morgan fingerprint density at radius 2 is 2.18 bits per heavy atom. The van der Waals surface area contributed by atoms with Crippen LogP contribution in [-0.4, -0.2) is 55.9 Å². The number of rotatable bonds is 4. The van der Waals surface area contributed by atoms with Crippen molar-refractivity contribution < 1.29 is 14.3 Å². The van der Waals surface area contributed by atoms with E-state index in [-0.39, 0.29) is 18.3 Å². The van der Waals surface area contributed by atoms with Crippen LogP contribution < -0.4 is 15.4 Å². The molecule has 1 amide bonds. The Kier molecular flexibility index (Phi) is 4.70. The molecule has 6 nitrogen and oxygen atoms in total. The van der Waals surface area contributed by atoms with Crippen LogP contribution in [0.5, 0.6) is 5.75 Å². The van der Waals surface area contributed by atoms with E-state index in [9.17, 15) is 9.59 Å². The van der Waals surface area contributed by atoms with Crippen LogP contribution in [0.15, 0.2) is 18.2 Å². The highest BCUT2D eigenvalue weighted by Crippen LogP contribution is 2.28. The number of carbonyl (C=O) groups is 2. The van der Waals surface area contributed by atoms with Crippen LogP contribution in [0.3, 0.4) is 0 Å². The Hall–Kier alpha value is -1.92. The highest BCUT2D eigenvalue weighted by molar-refractivity contribution is 6.00. The summed E-state index contributed by atoms with van der Waals surface area (Å²) in [5, 5.41) is 6.09. The van der Waals surface area contributed by atoms with Gasteiger partial charge < -0.3 is 20.3 Å². The Bertz CT molecular complexity index is 566. The van der Waals surface area contributed by atoms with Crippen LogP contribution in [0.25, 0.3) is 0 Å². The third-order valence-corrected chi connectivity index (χ3v) is 4.02. The molecule has 0 aliphatic carbocycles. The molecule has 0 radical (unpaired) electrons. The molecule has 3 rings (SSSR count). The largest absolute Gasteiger partial charge is 0.482 e. The molecule has 0 aromatic heterocycles. The number of anilines is 1. The number of ether oxygens (including phenoxy) is 1. The highest BCUT2D eigenvalue weighted by atomic mass is 16.5. The number of nitrogens with one attached hydrogen (secondary N) is 2. The molecule has 2 aliphatic heterocycles. The monoisotopic (exact) mass is 303 g/mol. The lowest BCUT2D eigenvalue weighted by Crippen LogP contribution is -2.30. The summed E-state index contributed by atoms with van der Waals surface area (Å²) in [6.45, 7) is 4.87. The first-order chi connectivity index (χ1) is 10.7. The van der Waals surface area contributed by atoms with Crippen molar-refractivity contribution >= 4 is 17.4 Å². The van der Waals surface area contributed by atoms with E-state index in [1.54, 1.807) is 18.2 Å². The molecule has 1 fully saturated rings. The third-order valence-electron chi connectivity index (χ3n) is 4.02. The second-order valence-corrected chi connectivity index (χ2v) is 5.67. The van der Waals surface area contributed by atoms with Crippen molar-refractivity contribution in [1.29, 1.82) is 0 Å². The average molecular weight is 303 g/mol. The Balaban J connectivity index is 1.60. The molecular formula is C16H21N3O3. The summed E-state index contributed by atoms with van der Waals surface area (Å²) in [4.78, 5) is 26.0. The number of Topliss-reactive ketones (excluding diaryl/α,β-unsaturated/α-hetero) is 1. The van der Waals surface area contributed by atoms with Gasteiger partial charge in [-0.3, -0.25) is 9.59 Å². The van der Waals surface area contributed by atoms with Crippen molar-refractivity contribution in [2.24, 2.45) is 0 Å². The summed E-state index contributed by atoms with van der Waals surface area (Å²) in [5.41, 5.74) is 1.21. The molecule has 2 aliphatic rings. The van der Waals surface area contributed by atoms with Crippen molar-refractivity contribution in [1.82, 2.24) is 10.2 Å². The van der Waals surface area contributed by atoms with Crippen LogP contribution >= 0.6 is 0 Å². The molecule has 6 heteroatoms. The first-order valence-electron chi connectivity index (χ1n) is 7.75. The summed E-state index contributed by atoms with van der Waals surface area (Å²) in [6.07, 6.45) is 1.62. The molecule has 0 atom stereocenters. The maximum absolute atomic E-state index is 12.3. The first kappa shape index (κ1) is 15.0. The fourth-order valence-corrected chi connectivity index (χ4v) is 2.79. The van der Waals surface area contributed by atoms with E-state index in [0.29, 0.717) is 23.4 Å². The number of fused-ring (bicyclic) bond motifs is 1. The molecule has 2 heterocycles. The molecule has 0 spiro atoms. The van der Waals surface area contributed by atoms with Crippen molar-refractivity contribution in [2.75, 3.05) is 44.6 Å². The van der Waals surface area contributed by atoms with E-state index in [2.05, 4.69) is 15.5 Å². The second kappa shape index (κ2) is 6.89. The lowest BCUT2D eigenvalue weighted by Gasteiger charge is -2.20. The number of ketones is 1. The number of hydrogen-bond donors (Lipinski definition) is 2. The van der Waals surface area contributed by atoms with Gasteiger partial charge in [-0.1, -0.05) is 0 Å². The molecule has 1 saturated heterocycles. The standard InChI is InChI=1S/C16H21N3O3/c20-14(4-8-19-7-1-5-17-6-9-19)12-2-3-15-13(10-12)18-16(21)11-22-15/h2-3,10,17H,1,4-9,11H2,(H,18,21). The summed E-state index contributed by atoms with van der Waals surface area (Å²) in [6, 6.07) is 5.22. The Morgan fingerprint density at radius 1 is 1.27 bits per heavy atom.